The Balaban J connectivity index is 0.000000165. The Hall–Kier alpha value is -3.17. The van der Waals surface area contributed by atoms with Crippen molar-refractivity contribution in [3.63, 3.8) is 0 Å². The first-order valence-electron chi connectivity index (χ1n) is 10.8. The van der Waals surface area contributed by atoms with Crippen LogP contribution in [0, 0.1) is 7.14 Å². The van der Waals surface area contributed by atoms with Gasteiger partial charge in [0.2, 0.25) is 0 Å². The summed E-state index contributed by atoms with van der Waals surface area (Å²) in [5, 5.41) is 0. The van der Waals surface area contributed by atoms with Crippen molar-refractivity contribution in [2.24, 2.45) is 0 Å². The quantitative estimate of drug-likeness (QED) is 0.231. The summed E-state index contributed by atoms with van der Waals surface area (Å²) < 4.78 is 2.96. The van der Waals surface area contributed by atoms with Crippen molar-refractivity contribution < 1.29 is 21.2 Å². The van der Waals surface area contributed by atoms with Gasteiger partial charge in [-0.05, 0) is 41.0 Å². The molecule has 0 fully saturated rings. The van der Waals surface area contributed by atoms with Crippen molar-refractivity contribution in [1.29, 1.82) is 0 Å². The van der Waals surface area contributed by atoms with E-state index in [-0.39, 0.29) is 21.2 Å². The van der Waals surface area contributed by atoms with E-state index in [9.17, 15) is 0 Å². The number of rotatable bonds is 5. The molecule has 0 saturated carbocycles. The first kappa shape index (κ1) is 22.0. The van der Waals surface area contributed by atoms with Crippen LogP contribution >= 0.6 is 0 Å². The van der Waals surface area contributed by atoms with Gasteiger partial charge in [0, 0.05) is 5.92 Å². The lowest BCUT2D eigenvalue weighted by Gasteiger charge is -2.18. The third kappa shape index (κ3) is 6.41. The molecule has 0 bridgehead atoms. The minimum absolute atomic E-state index is 0.0287. The van der Waals surface area contributed by atoms with E-state index in [0.717, 1.165) is 0 Å². The summed E-state index contributed by atoms with van der Waals surface area (Å²) in [5.74, 6) is 0.309. The lowest BCUT2D eigenvalue weighted by atomic mass is 9.85. The van der Waals surface area contributed by atoms with Gasteiger partial charge in [-0.3, -0.25) is 0 Å². The molecule has 0 amide bonds. The van der Waals surface area contributed by atoms with Gasteiger partial charge in [-0.25, -0.2) is 0 Å². The van der Waals surface area contributed by atoms with Crippen LogP contribution in [0.3, 0.4) is 0 Å². The van der Waals surface area contributed by atoms with Crippen LogP contribution in [0.1, 0.15) is 22.6 Å². The molecule has 0 aliphatic heterocycles. The molecule has 0 saturated heterocycles. The van der Waals surface area contributed by atoms with Crippen LogP contribution in [0.4, 0.5) is 0 Å². The zero-order valence-corrected chi connectivity index (χ0v) is 20.0. The highest BCUT2D eigenvalue weighted by molar-refractivity contribution is 5.42. The number of hydrogen-bond donors (Lipinski definition) is 0. The summed E-state index contributed by atoms with van der Waals surface area (Å²) >= 11 is 0.0287. The molecular weight excluding hydrogens is 499 g/mol. The van der Waals surface area contributed by atoms with Gasteiger partial charge in [-0.2, -0.15) is 0 Å². The van der Waals surface area contributed by atoms with Gasteiger partial charge in [0.1, 0.15) is 0 Å². The van der Waals surface area contributed by atoms with E-state index >= 15 is 0 Å². The molecule has 0 atom stereocenters. The van der Waals surface area contributed by atoms with Gasteiger partial charge < -0.3 is 0 Å². The van der Waals surface area contributed by atoms with Gasteiger partial charge in [0.25, 0.3) is 0 Å². The topological polar surface area (TPSA) is 0 Å². The molecule has 156 valence electrons. The zero-order valence-electron chi connectivity index (χ0n) is 17.9. The molecule has 0 heterocycles. The smallest absolute Gasteiger partial charge is 0.0622 e. The zero-order chi connectivity index (χ0) is 21.8. The highest BCUT2D eigenvalue weighted by atomic mass is 127. The largest absolute Gasteiger partial charge is 0.357 e. The van der Waals surface area contributed by atoms with Gasteiger partial charge >= 0.3 is 21.2 Å². The number of hydrogen-bond acceptors (Lipinski definition) is 0. The first-order valence-corrected chi connectivity index (χ1v) is 13.0. The van der Waals surface area contributed by atoms with E-state index in [1.54, 1.807) is 0 Å². The van der Waals surface area contributed by atoms with Crippen LogP contribution in [0.2, 0.25) is 0 Å². The fourth-order valence-electron chi connectivity index (χ4n) is 3.60. The minimum atomic E-state index is 0.0287. The molecule has 0 aliphatic carbocycles. The van der Waals surface area contributed by atoms with Crippen molar-refractivity contribution in [3.8, 4) is 0 Å². The number of halogens is 1. The van der Waals surface area contributed by atoms with Gasteiger partial charge in [0.15, 0.2) is 7.14 Å². The Kier molecular flexibility index (Phi) is 8.28. The molecule has 32 heavy (non-hydrogen) atoms. The van der Waals surface area contributed by atoms with Crippen LogP contribution in [-0.2, 0) is 0 Å². The van der Waals surface area contributed by atoms with Crippen molar-refractivity contribution in [3.05, 3.63) is 175 Å². The van der Waals surface area contributed by atoms with Crippen LogP contribution in [0.15, 0.2) is 152 Å². The van der Waals surface area contributed by atoms with Crippen molar-refractivity contribution >= 4 is 0 Å². The number of benzene rings is 5. The summed E-state index contributed by atoms with van der Waals surface area (Å²) in [5.41, 5.74) is 4.00. The molecule has 5 aromatic carbocycles. The lowest BCUT2D eigenvalue weighted by Crippen LogP contribution is -3.61. The Morgan fingerprint density at radius 3 is 0.844 bits per heavy atom. The Morgan fingerprint density at radius 1 is 0.312 bits per heavy atom. The normalized spacial score (nSPS) is 10.3. The molecule has 0 nitrogen and oxygen atoms in total. The van der Waals surface area contributed by atoms with E-state index in [1.165, 1.54) is 23.8 Å². The highest BCUT2D eigenvalue weighted by Crippen LogP contribution is 2.31. The highest BCUT2D eigenvalue weighted by Gasteiger charge is 2.15. The molecule has 5 rings (SSSR count). The third-order valence-electron chi connectivity index (χ3n) is 5.08. The SMILES string of the molecule is c1ccc(C(c2ccccc2)c2ccccc2)cc1.c1ccc([I+]c2ccccc2)cc1. The van der Waals surface area contributed by atoms with Crippen LogP contribution < -0.4 is 21.2 Å². The Morgan fingerprint density at radius 2 is 0.562 bits per heavy atom. The molecular formula is C31H26I+. The summed E-state index contributed by atoms with van der Waals surface area (Å²) in [4.78, 5) is 0. The van der Waals surface area contributed by atoms with Crippen LogP contribution in [-0.4, -0.2) is 0 Å². The van der Waals surface area contributed by atoms with E-state index in [0.29, 0.717) is 5.92 Å². The predicted octanol–water partition coefficient (Wildman–Crippen LogP) is 4.68. The van der Waals surface area contributed by atoms with Gasteiger partial charge in [0.05, 0.1) is 0 Å². The second-order valence-corrected chi connectivity index (χ2v) is 10.4. The summed E-state index contributed by atoms with van der Waals surface area (Å²) in [6.07, 6.45) is 0. The fraction of sp³-hybridized carbons (Fsp3) is 0.0323. The molecule has 0 aromatic heterocycles. The van der Waals surface area contributed by atoms with Crippen molar-refractivity contribution in [2.75, 3.05) is 0 Å². The van der Waals surface area contributed by atoms with E-state index in [2.05, 4.69) is 152 Å². The summed E-state index contributed by atoms with van der Waals surface area (Å²) in [6, 6.07) is 53.4. The minimum Gasteiger partial charge on any atom is -0.0622 e. The van der Waals surface area contributed by atoms with E-state index < -0.39 is 0 Å². The summed E-state index contributed by atoms with van der Waals surface area (Å²) in [6.45, 7) is 0. The molecule has 0 radical (unpaired) electrons. The van der Waals surface area contributed by atoms with E-state index in [1.807, 2.05) is 0 Å². The van der Waals surface area contributed by atoms with Gasteiger partial charge in [-0.1, -0.05) is 127 Å². The average Bonchev–Trinajstić information content (AvgIpc) is 2.88. The second-order valence-electron chi connectivity index (χ2n) is 7.35. The van der Waals surface area contributed by atoms with Gasteiger partial charge in [-0.15, -0.1) is 0 Å². The summed E-state index contributed by atoms with van der Waals surface area (Å²) in [7, 11) is 0. The monoisotopic (exact) mass is 525 g/mol. The van der Waals surface area contributed by atoms with Crippen molar-refractivity contribution in [2.45, 2.75) is 5.92 Å². The molecule has 0 unspecified atom stereocenters. The standard InChI is InChI=1S/C19H16.C12H10I/c1-4-10-16(11-5-1)19(17-12-6-2-7-13-17)18-14-8-3-9-15-18;1-3-7-11(8-4-1)13-12-9-5-2-6-10-12/h1-15,19H;1-10H/q;+1. The maximum atomic E-state index is 2.21. The fourth-order valence-corrected chi connectivity index (χ4v) is 5.86. The molecule has 0 aliphatic rings. The van der Waals surface area contributed by atoms with Crippen LogP contribution in [0.5, 0.6) is 0 Å². The second kappa shape index (κ2) is 12.0. The maximum Gasteiger partial charge on any atom is 0.357 e. The molecule has 0 N–H and O–H groups in total. The Bertz CT molecular complexity index is 1020. The lowest BCUT2D eigenvalue weighted by molar-refractivity contribution is -0.597. The average molecular weight is 525 g/mol. The first-order chi connectivity index (χ1) is 15.9. The van der Waals surface area contributed by atoms with Crippen LogP contribution in [0.25, 0.3) is 0 Å². The molecule has 0 spiro atoms. The van der Waals surface area contributed by atoms with E-state index in [4.69, 9.17) is 0 Å². The predicted molar refractivity (Wildman–Crippen MR) is 131 cm³/mol. The van der Waals surface area contributed by atoms with Crippen molar-refractivity contribution in [1.82, 2.24) is 0 Å². The molecule has 1 heteroatoms. The molecule has 5 aromatic rings. The third-order valence-corrected chi connectivity index (χ3v) is 7.77. The maximum absolute atomic E-state index is 2.21. The Labute approximate surface area is 201 Å².